The Morgan fingerprint density at radius 2 is 2.20 bits per heavy atom. The van der Waals surface area contributed by atoms with Gasteiger partial charge in [0.25, 0.3) is 5.91 Å². The topological polar surface area (TPSA) is 55.6 Å². The molecule has 1 amide bonds. The van der Waals surface area contributed by atoms with Crippen molar-refractivity contribution in [2.24, 2.45) is 5.73 Å². The van der Waals surface area contributed by atoms with Crippen molar-refractivity contribution in [3.05, 3.63) is 29.8 Å². The normalized spacial score (nSPS) is 29.9. The Morgan fingerprint density at radius 3 is 2.95 bits per heavy atom. The van der Waals surface area contributed by atoms with Gasteiger partial charge in [0.05, 0.1) is 0 Å². The highest BCUT2D eigenvalue weighted by atomic mass is 16.5. The zero-order valence-electron chi connectivity index (χ0n) is 12.0. The fraction of sp³-hybridized carbons (Fsp3) is 0.562. The van der Waals surface area contributed by atoms with Gasteiger partial charge in [-0.1, -0.05) is 18.2 Å². The standard InChI is InChI=1S/C16H22N2O2/c1-16(9-5-11-20-16)15(19)18-10-4-7-13(17)12-6-2-3-8-14(12)18/h2-3,6,8,13H,4-5,7,9-11,17H2,1H3. The molecule has 2 aliphatic rings. The third kappa shape index (κ3) is 2.23. The van der Waals surface area contributed by atoms with E-state index in [0.29, 0.717) is 6.61 Å². The Labute approximate surface area is 119 Å². The SMILES string of the molecule is CC1(C(=O)N2CCCC(N)c3ccccc32)CCCO1. The maximum atomic E-state index is 12.9. The maximum Gasteiger partial charge on any atom is 0.258 e. The van der Waals surface area contributed by atoms with Gasteiger partial charge < -0.3 is 15.4 Å². The quantitative estimate of drug-likeness (QED) is 0.855. The van der Waals surface area contributed by atoms with E-state index >= 15 is 0 Å². The van der Waals surface area contributed by atoms with Crippen molar-refractivity contribution in [1.29, 1.82) is 0 Å². The molecule has 1 saturated heterocycles. The Hall–Kier alpha value is -1.39. The summed E-state index contributed by atoms with van der Waals surface area (Å²) in [6.07, 6.45) is 3.60. The van der Waals surface area contributed by atoms with Crippen LogP contribution in [0.1, 0.15) is 44.2 Å². The molecule has 4 nitrogen and oxygen atoms in total. The number of benzene rings is 1. The van der Waals surface area contributed by atoms with Crippen molar-refractivity contribution < 1.29 is 9.53 Å². The molecular formula is C16H22N2O2. The van der Waals surface area contributed by atoms with Crippen molar-refractivity contribution in [1.82, 2.24) is 0 Å². The molecule has 0 bridgehead atoms. The minimum atomic E-state index is -0.665. The monoisotopic (exact) mass is 274 g/mol. The van der Waals surface area contributed by atoms with Gasteiger partial charge in [-0.05, 0) is 44.2 Å². The molecule has 2 unspecified atom stereocenters. The molecule has 2 atom stereocenters. The molecule has 0 radical (unpaired) electrons. The number of para-hydroxylation sites is 1. The Balaban J connectivity index is 1.97. The predicted molar refractivity (Wildman–Crippen MR) is 78.5 cm³/mol. The van der Waals surface area contributed by atoms with Gasteiger partial charge in [0, 0.05) is 24.9 Å². The van der Waals surface area contributed by atoms with Crippen LogP contribution < -0.4 is 10.6 Å². The summed E-state index contributed by atoms with van der Waals surface area (Å²) in [6.45, 7) is 3.31. The number of ether oxygens (including phenoxy) is 1. The third-order valence-electron chi connectivity index (χ3n) is 4.44. The number of carbonyl (C=O) groups excluding carboxylic acids is 1. The Bertz CT molecular complexity index is 509. The fourth-order valence-electron chi connectivity index (χ4n) is 3.24. The highest BCUT2D eigenvalue weighted by Crippen LogP contribution is 2.35. The molecular weight excluding hydrogens is 252 g/mol. The second kappa shape index (κ2) is 5.19. The van der Waals surface area contributed by atoms with Crippen molar-refractivity contribution in [3.8, 4) is 0 Å². The molecule has 1 aromatic rings. The summed E-state index contributed by atoms with van der Waals surface area (Å²) in [4.78, 5) is 14.8. The number of amides is 1. The van der Waals surface area contributed by atoms with Gasteiger partial charge in [-0.15, -0.1) is 0 Å². The van der Waals surface area contributed by atoms with Crippen molar-refractivity contribution in [2.45, 2.75) is 44.2 Å². The van der Waals surface area contributed by atoms with Gasteiger partial charge in [0.2, 0.25) is 0 Å². The van der Waals surface area contributed by atoms with Crippen LogP contribution in [-0.2, 0) is 9.53 Å². The van der Waals surface area contributed by atoms with Crippen LogP contribution in [0.3, 0.4) is 0 Å². The molecule has 0 spiro atoms. The van der Waals surface area contributed by atoms with E-state index in [-0.39, 0.29) is 11.9 Å². The molecule has 2 aliphatic heterocycles. The van der Waals surface area contributed by atoms with E-state index in [1.165, 1.54) is 0 Å². The zero-order chi connectivity index (χ0) is 14.2. The molecule has 20 heavy (non-hydrogen) atoms. The highest BCUT2D eigenvalue weighted by Gasteiger charge is 2.42. The number of fused-ring (bicyclic) bond motifs is 1. The number of carbonyl (C=O) groups is 1. The molecule has 2 N–H and O–H groups in total. The van der Waals surface area contributed by atoms with E-state index in [9.17, 15) is 4.79 Å². The van der Waals surface area contributed by atoms with E-state index in [1.807, 2.05) is 36.1 Å². The zero-order valence-corrected chi connectivity index (χ0v) is 12.0. The molecule has 0 aliphatic carbocycles. The van der Waals surface area contributed by atoms with Crippen LogP contribution in [-0.4, -0.2) is 24.7 Å². The van der Waals surface area contributed by atoms with Crippen molar-refractivity contribution in [3.63, 3.8) is 0 Å². The molecule has 1 fully saturated rings. The second-order valence-electron chi connectivity index (χ2n) is 5.95. The van der Waals surface area contributed by atoms with Crippen LogP contribution in [0.5, 0.6) is 0 Å². The van der Waals surface area contributed by atoms with Crippen LogP contribution in [0, 0.1) is 0 Å². The highest BCUT2D eigenvalue weighted by molar-refractivity contribution is 6.00. The second-order valence-corrected chi connectivity index (χ2v) is 5.95. The molecule has 3 rings (SSSR count). The van der Waals surface area contributed by atoms with Crippen molar-refractivity contribution >= 4 is 11.6 Å². The summed E-state index contributed by atoms with van der Waals surface area (Å²) in [5, 5.41) is 0. The number of hydrogen-bond donors (Lipinski definition) is 1. The molecule has 4 heteroatoms. The predicted octanol–water partition coefficient (Wildman–Crippen LogP) is 2.38. The lowest BCUT2D eigenvalue weighted by Gasteiger charge is -2.31. The Kier molecular flexibility index (Phi) is 3.52. The lowest BCUT2D eigenvalue weighted by molar-refractivity contribution is -0.136. The summed E-state index contributed by atoms with van der Waals surface area (Å²) in [5.74, 6) is 0.0801. The first-order chi connectivity index (χ1) is 9.62. The lowest BCUT2D eigenvalue weighted by atomic mass is 9.99. The van der Waals surface area contributed by atoms with Crippen LogP contribution in [0.2, 0.25) is 0 Å². The first kappa shape index (κ1) is 13.6. The summed E-state index contributed by atoms with van der Waals surface area (Å²) in [6, 6.07) is 8.00. The minimum absolute atomic E-state index is 0.0151. The lowest BCUT2D eigenvalue weighted by Crippen LogP contribution is -2.47. The first-order valence-corrected chi connectivity index (χ1v) is 7.42. The van der Waals surface area contributed by atoms with Gasteiger partial charge >= 0.3 is 0 Å². The number of nitrogens with zero attached hydrogens (tertiary/aromatic N) is 1. The van der Waals surface area contributed by atoms with E-state index in [4.69, 9.17) is 10.5 Å². The number of nitrogens with two attached hydrogens (primary N) is 1. The summed E-state index contributed by atoms with van der Waals surface area (Å²) in [7, 11) is 0. The number of anilines is 1. The number of rotatable bonds is 1. The Morgan fingerprint density at radius 1 is 1.40 bits per heavy atom. The number of hydrogen-bond acceptors (Lipinski definition) is 3. The van der Waals surface area contributed by atoms with Gasteiger partial charge in [-0.25, -0.2) is 0 Å². The summed E-state index contributed by atoms with van der Waals surface area (Å²) < 4.78 is 5.72. The van der Waals surface area contributed by atoms with E-state index in [1.54, 1.807) is 0 Å². The maximum absolute atomic E-state index is 12.9. The van der Waals surface area contributed by atoms with Gasteiger partial charge in [-0.3, -0.25) is 4.79 Å². The third-order valence-corrected chi connectivity index (χ3v) is 4.44. The first-order valence-electron chi connectivity index (χ1n) is 7.42. The van der Waals surface area contributed by atoms with Crippen molar-refractivity contribution in [2.75, 3.05) is 18.1 Å². The molecule has 0 saturated carbocycles. The van der Waals surface area contributed by atoms with Crippen LogP contribution in [0.25, 0.3) is 0 Å². The molecule has 1 aromatic carbocycles. The fourth-order valence-corrected chi connectivity index (χ4v) is 3.24. The smallest absolute Gasteiger partial charge is 0.258 e. The minimum Gasteiger partial charge on any atom is -0.365 e. The average molecular weight is 274 g/mol. The van der Waals surface area contributed by atoms with Crippen LogP contribution >= 0.6 is 0 Å². The average Bonchev–Trinajstić information content (AvgIpc) is 2.84. The largest absolute Gasteiger partial charge is 0.365 e. The summed E-state index contributed by atoms with van der Waals surface area (Å²) >= 11 is 0. The van der Waals surface area contributed by atoms with E-state index < -0.39 is 5.60 Å². The van der Waals surface area contributed by atoms with E-state index in [2.05, 4.69) is 0 Å². The molecule has 2 heterocycles. The van der Waals surface area contributed by atoms with Gasteiger partial charge in [-0.2, -0.15) is 0 Å². The van der Waals surface area contributed by atoms with Crippen LogP contribution in [0.4, 0.5) is 5.69 Å². The molecule has 108 valence electrons. The molecule has 0 aromatic heterocycles. The van der Waals surface area contributed by atoms with Gasteiger partial charge in [0.1, 0.15) is 5.60 Å². The van der Waals surface area contributed by atoms with Crippen LogP contribution in [0.15, 0.2) is 24.3 Å². The van der Waals surface area contributed by atoms with Gasteiger partial charge in [0.15, 0.2) is 0 Å². The summed E-state index contributed by atoms with van der Waals surface area (Å²) in [5.41, 5.74) is 7.59. The van der Waals surface area contributed by atoms with E-state index in [0.717, 1.165) is 43.5 Å².